The van der Waals surface area contributed by atoms with Crippen LogP contribution < -0.4 is 10.6 Å². The molecule has 0 fully saturated rings. The molecule has 0 aliphatic rings. The summed E-state index contributed by atoms with van der Waals surface area (Å²) in [6, 6.07) is 12.0. The number of rotatable bonds is 7. The number of ether oxygens (including phenoxy) is 1. The molecule has 1 amide bonds. The van der Waals surface area contributed by atoms with Crippen molar-refractivity contribution >= 4 is 17.4 Å². The van der Waals surface area contributed by atoms with Gasteiger partial charge in [0.05, 0.1) is 6.04 Å². The van der Waals surface area contributed by atoms with E-state index in [-0.39, 0.29) is 12.1 Å². The smallest absolute Gasteiger partial charge is 0.408 e. The minimum atomic E-state index is -0.497. The molecule has 0 bridgehead atoms. The molecule has 2 rings (SSSR count). The fourth-order valence-electron chi connectivity index (χ4n) is 2.33. The SMILES string of the molecule is CC(C)(C)OC(=O)NC(CCNCc1ccsc1)c1ccccc1. The highest BCUT2D eigenvalue weighted by molar-refractivity contribution is 7.07. The molecule has 1 unspecified atom stereocenters. The van der Waals surface area contributed by atoms with Crippen LogP contribution >= 0.6 is 11.3 Å². The van der Waals surface area contributed by atoms with Crippen molar-refractivity contribution in [3.63, 3.8) is 0 Å². The summed E-state index contributed by atoms with van der Waals surface area (Å²) in [6.45, 7) is 7.26. The maximum atomic E-state index is 12.1. The minimum Gasteiger partial charge on any atom is -0.444 e. The number of carbonyl (C=O) groups is 1. The molecule has 0 radical (unpaired) electrons. The van der Waals surface area contributed by atoms with Gasteiger partial charge in [-0.2, -0.15) is 11.3 Å². The molecule has 2 aromatic rings. The molecule has 0 saturated carbocycles. The molecular formula is C19H26N2O2S. The Hall–Kier alpha value is -1.85. The normalized spacial score (nSPS) is 12.6. The van der Waals surface area contributed by atoms with Gasteiger partial charge < -0.3 is 15.4 Å². The Morgan fingerprint density at radius 3 is 2.58 bits per heavy atom. The van der Waals surface area contributed by atoms with E-state index in [4.69, 9.17) is 4.74 Å². The van der Waals surface area contributed by atoms with Crippen LogP contribution in [-0.2, 0) is 11.3 Å². The summed E-state index contributed by atoms with van der Waals surface area (Å²) in [5.74, 6) is 0. The van der Waals surface area contributed by atoms with Crippen LogP contribution in [0.4, 0.5) is 4.79 Å². The van der Waals surface area contributed by atoms with Crippen molar-refractivity contribution < 1.29 is 9.53 Å². The molecule has 0 spiro atoms. The highest BCUT2D eigenvalue weighted by Gasteiger charge is 2.20. The number of nitrogens with one attached hydrogen (secondary N) is 2. The highest BCUT2D eigenvalue weighted by Crippen LogP contribution is 2.17. The first kappa shape index (κ1) is 18.5. The maximum absolute atomic E-state index is 12.1. The fourth-order valence-corrected chi connectivity index (χ4v) is 3.00. The second-order valence-corrected chi connectivity index (χ2v) is 7.49. The summed E-state index contributed by atoms with van der Waals surface area (Å²) in [5, 5.41) is 10.6. The van der Waals surface area contributed by atoms with E-state index >= 15 is 0 Å². The van der Waals surface area contributed by atoms with Crippen molar-refractivity contribution in [3.8, 4) is 0 Å². The Labute approximate surface area is 148 Å². The molecule has 4 nitrogen and oxygen atoms in total. The number of benzene rings is 1. The van der Waals surface area contributed by atoms with Gasteiger partial charge in [-0.3, -0.25) is 0 Å². The zero-order valence-electron chi connectivity index (χ0n) is 14.5. The van der Waals surface area contributed by atoms with Crippen molar-refractivity contribution in [2.45, 2.75) is 45.4 Å². The Morgan fingerprint density at radius 1 is 1.21 bits per heavy atom. The number of alkyl carbamates (subject to hydrolysis) is 1. The van der Waals surface area contributed by atoms with E-state index in [1.807, 2.05) is 51.1 Å². The third kappa shape index (κ3) is 6.72. The lowest BCUT2D eigenvalue weighted by Crippen LogP contribution is -2.36. The topological polar surface area (TPSA) is 50.4 Å². The van der Waals surface area contributed by atoms with E-state index in [2.05, 4.69) is 27.5 Å². The molecule has 24 heavy (non-hydrogen) atoms. The Morgan fingerprint density at radius 2 is 1.96 bits per heavy atom. The fraction of sp³-hybridized carbons (Fsp3) is 0.421. The van der Waals surface area contributed by atoms with Gasteiger partial charge in [-0.15, -0.1) is 0 Å². The quantitative estimate of drug-likeness (QED) is 0.726. The zero-order valence-corrected chi connectivity index (χ0v) is 15.4. The van der Waals surface area contributed by atoms with Crippen LogP contribution in [0.25, 0.3) is 0 Å². The predicted octanol–water partition coefficient (Wildman–Crippen LogP) is 4.49. The van der Waals surface area contributed by atoms with Crippen LogP contribution in [0.5, 0.6) is 0 Å². The van der Waals surface area contributed by atoms with E-state index < -0.39 is 5.60 Å². The first-order valence-corrected chi connectivity index (χ1v) is 9.14. The summed E-state index contributed by atoms with van der Waals surface area (Å²) in [7, 11) is 0. The molecule has 1 aromatic carbocycles. The third-order valence-corrected chi connectivity index (χ3v) is 4.14. The molecule has 1 aromatic heterocycles. The van der Waals surface area contributed by atoms with E-state index in [1.54, 1.807) is 11.3 Å². The van der Waals surface area contributed by atoms with Crippen LogP contribution in [0.2, 0.25) is 0 Å². The standard InChI is InChI=1S/C19H26N2O2S/c1-19(2,3)23-18(22)21-17(16-7-5-4-6-8-16)9-11-20-13-15-10-12-24-14-15/h4-8,10,12,14,17,20H,9,11,13H2,1-3H3,(H,21,22). The van der Waals surface area contributed by atoms with Gasteiger partial charge in [0.25, 0.3) is 0 Å². The molecule has 5 heteroatoms. The van der Waals surface area contributed by atoms with E-state index in [9.17, 15) is 4.79 Å². The summed E-state index contributed by atoms with van der Waals surface area (Å²) in [4.78, 5) is 12.1. The van der Waals surface area contributed by atoms with Crippen LogP contribution in [0.3, 0.4) is 0 Å². The summed E-state index contributed by atoms with van der Waals surface area (Å²) in [6.07, 6.45) is 0.419. The largest absolute Gasteiger partial charge is 0.444 e. The lowest BCUT2D eigenvalue weighted by molar-refractivity contribution is 0.0501. The second-order valence-electron chi connectivity index (χ2n) is 6.71. The summed E-state index contributed by atoms with van der Waals surface area (Å²) < 4.78 is 5.39. The monoisotopic (exact) mass is 346 g/mol. The lowest BCUT2D eigenvalue weighted by Gasteiger charge is -2.24. The molecule has 1 atom stereocenters. The van der Waals surface area contributed by atoms with Crippen molar-refractivity contribution in [1.82, 2.24) is 10.6 Å². The van der Waals surface area contributed by atoms with Gasteiger partial charge >= 0.3 is 6.09 Å². The van der Waals surface area contributed by atoms with Gasteiger partial charge in [-0.05, 0) is 61.7 Å². The van der Waals surface area contributed by atoms with E-state index in [0.29, 0.717) is 0 Å². The van der Waals surface area contributed by atoms with Gasteiger partial charge in [-0.25, -0.2) is 4.79 Å². The maximum Gasteiger partial charge on any atom is 0.408 e. The average Bonchev–Trinajstić information content (AvgIpc) is 3.02. The van der Waals surface area contributed by atoms with Gasteiger partial charge in [0.1, 0.15) is 5.60 Å². The van der Waals surface area contributed by atoms with Gasteiger partial charge in [0, 0.05) is 6.54 Å². The number of thiophene rings is 1. The van der Waals surface area contributed by atoms with E-state index in [1.165, 1.54) is 5.56 Å². The number of hydrogen-bond acceptors (Lipinski definition) is 4. The molecule has 1 heterocycles. The molecule has 0 saturated heterocycles. The summed E-state index contributed by atoms with van der Waals surface area (Å²) >= 11 is 1.70. The molecular weight excluding hydrogens is 320 g/mol. The zero-order chi connectivity index (χ0) is 17.4. The summed E-state index contributed by atoms with van der Waals surface area (Å²) in [5.41, 5.74) is 1.87. The van der Waals surface area contributed by atoms with Crippen LogP contribution in [0.15, 0.2) is 47.2 Å². The van der Waals surface area contributed by atoms with Gasteiger partial charge in [0.15, 0.2) is 0 Å². The molecule has 0 aliphatic heterocycles. The number of hydrogen-bond donors (Lipinski definition) is 2. The first-order chi connectivity index (χ1) is 11.4. The van der Waals surface area contributed by atoms with Crippen molar-refractivity contribution in [3.05, 3.63) is 58.3 Å². The Kier molecular flexibility index (Phi) is 6.82. The highest BCUT2D eigenvalue weighted by atomic mass is 32.1. The van der Waals surface area contributed by atoms with Crippen molar-refractivity contribution in [1.29, 1.82) is 0 Å². The molecule has 2 N–H and O–H groups in total. The Bertz CT molecular complexity index is 606. The van der Waals surface area contributed by atoms with Gasteiger partial charge in [-0.1, -0.05) is 30.3 Å². The minimum absolute atomic E-state index is 0.0731. The average molecular weight is 346 g/mol. The molecule has 130 valence electrons. The second kappa shape index (κ2) is 8.85. The van der Waals surface area contributed by atoms with Crippen LogP contribution in [0.1, 0.15) is 44.4 Å². The Balaban J connectivity index is 1.89. The van der Waals surface area contributed by atoms with Crippen molar-refractivity contribution in [2.75, 3.05) is 6.54 Å². The first-order valence-electron chi connectivity index (χ1n) is 8.20. The number of amides is 1. The lowest BCUT2D eigenvalue weighted by atomic mass is 10.0. The molecule has 0 aliphatic carbocycles. The van der Waals surface area contributed by atoms with Crippen molar-refractivity contribution in [2.24, 2.45) is 0 Å². The van der Waals surface area contributed by atoms with E-state index in [0.717, 1.165) is 25.1 Å². The number of carbonyl (C=O) groups excluding carboxylic acids is 1. The predicted molar refractivity (Wildman–Crippen MR) is 99.2 cm³/mol. The van der Waals surface area contributed by atoms with Gasteiger partial charge in [0.2, 0.25) is 0 Å². The third-order valence-electron chi connectivity index (χ3n) is 3.41. The van der Waals surface area contributed by atoms with Crippen LogP contribution in [0, 0.1) is 0 Å². The van der Waals surface area contributed by atoms with Crippen LogP contribution in [-0.4, -0.2) is 18.2 Å².